The summed E-state index contributed by atoms with van der Waals surface area (Å²) in [7, 11) is 0. The van der Waals surface area contributed by atoms with Crippen molar-refractivity contribution in [3.05, 3.63) is 52.7 Å². The third-order valence-corrected chi connectivity index (χ3v) is 2.14. The maximum absolute atomic E-state index is 10.4. The highest BCUT2D eigenvalue weighted by atomic mass is 16.6. The van der Waals surface area contributed by atoms with Gasteiger partial charge in [0.05, 0.1) is 4.92 Å². The molecular formula is C11H10N4O2. The van der Waals surface area contributed by atoms with Gasteiger partial charge < -0.3 is 11.1 Å². The number of nitrogens with one attached hydrogen (secondary N) is 1. The molecule has 0 amide bonds. The van der Waals surface area contributed by atoms with Gasteiger partial charge in [-0.25, -0.2) is 4.98 Å². The maximum atomic E-state index is 10.4. The Hall–Kier alpha value is -2.63. The van der Waals surface area contributed by atoms with E-state index in [1.54, 1.807) is 30.3 Å². The molecule has 1 aromatic heterocycles. The Morgan fingerprint density at radius 3 is 2.41 bits per heavy atom. The molecule has 6 nitrogen and oxygen atoms in total. The molecule has 0 aliphatic carbocycles. The van der Waals surface area contributed by atoms with Crippen LogP contribution in [-0.2, 0) is 0 Å². The molecule has 0 saturated carbocycles. The van der Waals surface area contributed by atoms with E-state index in [-0.39, 0.29) is 5.69 Å². The lowest BCUT2D eigenvalue weighted by Gasteiger charge is -2.04. The van der Waals surface area contributed by atoms with Gasteiger partial charge in [0.15, 0.2) is 0 Å². The third-order valence-electron chi connectivity index (χ3n) is 2.14. The van der Waals surface area contributed by atoms with Gasteiger partial charge in [0.1, 0.15) is 12.0 Å². The van der Waals surface area contributed by atoms with E-state index in [9.17, 15) is 10.1 Å². The summed E-state index contributed by atoms with van der Waals surface area (Å²) >= 11 is 0. The SMILES string of the molecule is Nc1ccc(Nc2ccc([N+](=O)[O-])cn2)cc1. The van der Waals surface area contributed by atoms with Crippen LogP contribution in [0.15, 0.2) is 42.6 Å². The number of nitro groups is 1. The first-order valence-electron chi connectivity index (χ1n) is 4.88. The van der Waals surface area contributed by atoms with Gasteiger partial charge in [0, 0.05) is 17.4 Å². The fraction of sp³-hybridized carbons (Fsp3) is 0. The Kier molecular flexibility index (Phi) is 2.87. The molecule has 2 rings (SSSR count). The number of nitrogens with two attached hydrogens (primary N) is 1. The number of benzene rings is 1. The van der Waals surface area contributed by atoms with Crippen LogP contribution in [0.2, 0.25) is 0 Å². The highest BCUT2D eigenvalue weighted by molar-refractivity contribution is 5.59. The lowest BCUT2D eigenvalue weighted by Crippen LogP contribution is -1.95. The molecule has 0 saturated heterocycles. The minimum absolute atomic E-state index is 0.0344. The largest absolute Gasteiger partial charge is 0.399 e. The molecule has 86 valence electrons. The summed E-state index contributed by atoms with van der Waals surface area (Å²) in [5, 5.41) is 13.4. The van der Waals surface area contributed by atoms with Crippen molar-refractivity contribution < 1.29 is 4.92 Å². The molecule has 17 heavy (non-hydrogen) atoms. The van der Waals surface area contributed by atoms with Crippen LogP contribution < -0.4 is 11.1 Å². The molecule has 2 aromatic rings. The molecule has 0 bridgehead atoms. The smallest absolute Gasteiger partial charge is 0.287 e. The van der Waals surface area contributed by atoms with E-state index in [1.807, 2.05) is 0 Å². The molecule has 0 spiro atoms. The number of rotatable bonds is 3. The molecule has 0 aliphatic heterocycles. The van der Waals surface area contributed by atoms with Crippen molar-refractivity contribution in [2.24, 2.45) is 0 Å². The second-order valence-corrected chi connectivity index (χ2v) is 3.41. The lowest BCUT2D eigenvalue weighted by atomic mass is 10.3. The summed E-state index contributed by atoms with van der Waals surface area (Å²) < 4.78 is 0. The molecule has 0 radical (unpaired) electrons. The monoisotopic (exact) mass is 230 g/mol. The van der Waals surface area contributed by atoms with Crippen LogP contribution in [0.25, 0.3) is 0 Å². The summed E-state index contributed by atoms with van der Waals surface area (Å²) in [5.41, 5.74) is 7.01. The fourth-order valence-corrected chi connectivity index (χ4v) is 1.28. The zero-order chi connectivity index (χ0) is 12.3. The number of pyridine rings is 1. The minimum Gasteiger partial charge on any atom is -0.399 e. The normalized spacial score (nSPS) is 9.88. The van der Waals surface area contributed by atoms with Crippen LogP contribution in [0.5, 0.6) is 0 Å². The van der Waals surface area contributed by atoms with Gasteiger partial charge >= 0.3 is 0 Å². The Morgan fingerprint density at radius 1 is 1.18 bits per heavy atom. The lowest BCUT2D eigenvalue weighted by molar-refractivity contribution is -0.385. The van der Waals surface area contributed by atoms with Crippen LogP contribution in [-0.4, -0.2) is 9.91 Å². The van der Waals surface area contributed by atoms with Gasteiger partial charge in [-0.2, -0.15) is 0 Å². The summed E-state index contributed by atoms with van der Waals surface area (Å²) in [5.74, 6) is 0.542. The predicted octanol–water partition coefficient (Wildman–Crippen LogP) is 2.32. The summed E-state index contributed by atoms with van der Waals surface area (Å²) in [4.78, 5) is 13.9. The molecule has 1 heterocycles. The van der Waals surface area contributed by atoms with Crippen LogP contribution in [0, 0.1) is 10.1 Å². The van der Waals surface area contributed by atoms with Crippen LogP contribution >= 0.6 is 0 Å². The summed E-state index contributed by atoms with van der Waals surface area (Å²) in [6.07, 6.45) is 1.21. The topological polar surface area (TPSA) is 94.1 Å². The fourth-order valence-electron chi connectivity index (χ4n) is 1.28. The van der Waals surface area contributed by atoms with Crippen molar-refractivity contribution in [2.45, 2.75) is 0 Å². The van der Waals surface area contributed by atoms with E-state index in [0.29, 0.717) is 11.5 Å². The molecule has 1 aromatic carbocycles. The van der Waals surface area contributed by atoms with Crippen molar-refractivity contribution in [1.29, 1.82) is 0 Å². The first-order chi connectivity index (χ1) is 8.15. The average Bonchev–Trinajstić information content (AvgIpc) is 2.33. The highest BCUT2D eigenvalue weighted by Crippen LogP contribution is 2.17. The zero-order valence-corrected chi connectivity index (χ0v) is 8.83. The van der Waals surface area contributed by atoms with Gasteiger partial charge in [-0.3, -0.25) is 10.1 Å². The number of nitrogens with zero attached hydrogens (tertiary/aromatic N) is 2. The first-order valence-corrected chi connectivity index (χ1v) is 4.88. The van der Waals surface area contributed by atoms with Gasteiger partial charge in [0.2, 0.25) is 0 Å². The van der Waals surface area contributed by atoms with Crippen LogP contribution in [0.4, 0.5) is 22.9 Å². The number of aromatic nitrogens is 1. The Bertz CT molecular complexity index is 522. The first kappa shape index (κ1) is 10.9. The number of hydrogen-bond acceptors (Lipinski definition) is 5. The number of anilines is 3. The second-order valence-electron chi connectivity index (χ2n) is 3.41. The van der Waals surface area contributed by atoms with Crippen LogP contribution in [0.3, 0.4) is 0 Å². The predicted molar refractivity (Wildman–Crippen MR) is 65.0 cm³/mol. The molecule has 0 atom stereocenters. The van der Waals surface area contributed by atoms with E-state index in [1.165, 1.54) is 12.3 Å². The second kappa shape index (κ2) is 4.48. The number of nitrogen functional groups attached to an aromatic ring is 1. The van der Waals surface area contributed by atoms with Gasteiger partial charge in [-0.1, -0.05) is 0 Å². The molecule has 6 heteroatoms. The number of hydrogen-bond donors (Lipinski definition) is 2. The Labute approximate surface area is 97.3 Å². The van der Waals surface area contributed by atoms with E-state index in [0.717, 1.165) is 5.69 Å². The Balaban J connectivity index is 2.13. The minimum atomic E-state index is -0.486. The van der Waals surface area contributed by atoms with Crippen molar-refractivity contribution in [1.82, 2.24) is 4.98 Å². The van der Waals surface area contributed by atoms with Crippen molar-refractivity contribution in [3.63, 3.8) is 0 Å². The molecular weight excluding hydrogens is 220 g/mol. The van der Waals surface area contributed by atoms with Crippen molar-refractivity contribution in [3.8, 4) is 0 Å². The molecule has 3 N–H and O–H groups in total. The Morgan fingerprint density at radius 2 is 1.88 bits per heavy atom. The molecule has 0 unspecified atom stereocenters. The molecule has 0 fully saturated rings. The highest BCUT2D eigenvalue weighted by Gasteiger charge is 2.04. The van der Waals surface area contributed by atoms with E-state index in [2.05, 4.69) is 10.3 Å². The van der Waals surface area contributed by atoms with Gasteiger partial charge in [0.25, 0.3) is 5.69 Å². The average molecular weight is 230 g/mol. The van der Waals surface area contributed by atoms with Gasteiger partial charge in [-0.05, 0) is 30.3 Å². The van der Waals surface area contributed by atoms with E-state index in [4.69, 9.17) is 5.73 Å². The standard InChI is InChI=1S/C11H10N4O2/c12-8-1-3-9(4-2-8)14-11-6-5-10(7-13-11)15(16)17/h1-7H,12H2,(H,13,14). The van der Waals surface area contributed by atoms with Crippen molar-refractivity contribution in [2.75, 3.05) is 11.1 Å². The van der Waals surface area contributed by atoms with Crippen molar-refractivity contribution >= 4 is 22.9 Å². The quantitative estimate of drug-likeness (QED) is 0.479. The summed E-state index contributed by atoms with van der Waals surface area (Å²) in [6, 6.07) is 10.1. The van der Waals surface area contributed by atoms with E-state index >= 15 is 0 Å². The molecule has 0 aliphatic rings. The zero-order valence-electron chi connectivity index (χ0n) is 8.83. The van der Waals surface area contributed by atoms with Crippen LogP contribution in [0.1, 0.15) is 0 Å². The van der Waals surface area contributed by atoms with E-state index < -0.39 is 4.92 Å². The third kappa shape index (κ3) is 2.69. The maximum Gasteiger partial charge on any atom is 0.287 e. The summed E-state index contributed by atoms with van der Waals surface area (Å²) in [6.45, 7) is 0. The van der Waals surface area contributed by atoms with Gasteiger partial charge in [-0.15, -0.1) is 0 Å².